The minimum atomic E-state index is -4.02. The maximum absolute atomic E-state index is 9.78. The summed E-state index contributed by atoms with van der Waals surface area (Å²) in [6.45, 7) is 0.251. The smallest absolute Gasteiger partial charge is 0.748 e. The van der Waals surface area contributed by atoms with Gasteiger partial charge in [0.1, 0.15) is 0 Å². The van der Waals surface area contributed by atoms with Gasteiger partial charge >= 0.3 is 51.4 Å². The molecule has 0 aliphatic carbocycles. The Labute approximate surface area is 97.4 Å². The van der Waals surface area contributed by atoms with Gasteiger partial charge in [0.2, 0.25) is 0 Å². The summed E-state index contributed by atoms with van der Waals surface area (Å²) < 4.78 is 29.3. The van der Waals surface area contributed by atoms with Gasteiger partial charge in [-0.3, -0.25) is 0 Å². The van der Waals surface area contributed by atoms with Crippen LogP contribution in [0.3, 0.4) is 0 Å². The van der Waals surface area contributed by atoms with E-state index in [2.05, 4.69) is 0 Å². The maximum atomic E-state index is 9.78. The van der Waals surface area contributed by atoms with Gasteiger partial charge in [-0.2, -0.15) is 0 Å². The van der Waals surface area contributed by atoms with Crippen LogP contribution in [0, 0.1) is 0 Å². The van der Waals surface area contributed by atoms with Gasteiger partial charge in [-0.1, -0.05) is 0 Å². The van der Waals surface area contributed by atoms with E-state index in [0.29, 0.717) is 0 Å². The molecule has 6 heteroatoms. The molecule has 0 heterocycles. The van der Waals surface area contributed by atoms with Crippen LogP contribution in [-0.4, -0.2) is 25.3 Å². The molecule has 0 saturated heterocycles. The minimum Gasteiger partial charge on any atom is -0.748 e. The standard InChI is InChI=1S/C3H9NO3S.K/c4-2-1-3-8(5,6)7;/h1-4H2,(H,5,6,7);/q;+1/p-1. The third kappa shape index (κ3) is 12.7. The maximum Gasteiger partial charge on any atom is 1.00 e. The molecular formula is C3H8KNO3S. The number of rotatable bonds is 3. The van der Waals surface area contributed by atoms with Crippen molar-refractivity contribution >= 4 is 10.1 Å². The molecule has 0 aromatic rings. The third-order valence-electron chi connectivity index (χ3n) is 0.598. The molecular weight excluding hydrogens is 169 g/mol. The van der Waals surface area contributed by atoms with E-state index in [1.165, 1.54) is 0 Å². The molecule has 0 saturated carbocycles. The summed E-state index contributed by atoms with van der Waals surface area (Å²) in [6, 6.07) is 0. The molecule has 50 valence electrons. The van der Waals surface area contributed by atoms with Crippen LogP contribution in [-0.2, 0) is 10.1 Å². The first-order valence-electron chi connectivity index (χ1n) is 2.20. The van der Waals surface area contributed by atoms with Crippen molar-refractivity contribution in [1.82, 2.24) is 0 Å². The Hall–Kier alpha value is 1.51. The van der Waals surface area contributed by atoms with E-state index < -0.39 is 10.1 Å². The van der Waals surface area contributed by atoms with Crippen molar-refractivity contribution in [2.24, 2.45) is 5.73 Å². The predicted molar refractivity (Wildman–Crippen MR) is 28.2 cm³/mol. The molecule has 0 radical (unpaired) electrons. The first kappa shape index (κ1) is 13.1. The van der Waals surface area contributed by atoms with Crippen LogP contribution in [0.5, 0.6) is 0 Å². The van der Waals surface area contributed by atoms with Crippen molar-refractivity contribution in [3.63, 3.8) is 0 Å². The van der Waals surface area contributed by atoms with E-state index in [4.69, 9.17) is 5.73 Å². The Balaban J connectivity index is 0. The second-order valence-electron chi connectivity index (χ2n) is 1.40. The molecule has 4 nitrogen and oxygen atoms in total. The van der Waals surface area contributed by atoms with E-state index in [0.717, 1.165) is 0 Å². The quantitative estimate of drug-likeness (QED) is 0.351. The van der Waals surface area contributed by atoms with Gasteiger partial charge in [0, 0.05) is 5.75 Å². The fourth-order valence-electron chi connectivity index (χ4n) is 0.260. The summed E-state index contributed by atoms with van der Waals surface area (Å²) in [4.78, 5) is 0. The summed E-state index contributed by atoms with van der Waals surface area (Å²) in [6.07, 6.45) is 0.256. The van der Waals surface area contributed by atoms with Crippen LogP contribution in [0.15, 0.2) is 0 Å². The van der Waals surface area contributed by atoms with E-state index >= 15 is 0 Å². The van der Waals surface area contributed by atoms with Crippen molar-refractivity contribution in [3.05, 3.63) is 0 Å². The second-order valence-corrected chi connectivity index (χ2v) is 2.93. The first-order valence-corrected chi connectivity index (χ1v) is 3.77. The summed E-state index contributed by atoms with van der Waals surface area (Å²) in [5.41, 5.74) is 4.93. The molecule has 0 rings (SSSR count). The van der Waals surface area contributed by atoms with E-state index in [9.17, 15) is 13.0 Å². The Morgan fingerprint density at radius 2 is 1.89 bits per heavy atom. The van der Waals surface area contributed by atoms with Gasteiger partial charge in [-0.25, -0.2) is 8.42 Å². The molecule has 0 unspecified atom stereocenters. The molecule has 2 N–H and O–H groups in total. The molecule has 0 aliphatic heterocycles. The summed E-state index contributed by atoms with van der Waals surface area (Å²) in [5.74, 6) is -0.344. The van der Waals surface area contributed by atoms with Crippen molar-refractivity contribution in [2.75, 3.05) is 12.3 Å². The van der Waals surface area contributed by atoms with Crippen LogP contribution in [0.2, 0.25) is 0 Å². The fourth-order valence-corrected chi connectivity index (χ4v) is 0.780. The molecule has 0 fully saturated rings. The fraction of sp³-hybridized carbons (Fsp3) is 1.00. The summed E-state index contributed by atoms with van der Waals surface area (Å²) in [7, 11) is -4.02. The summed E-state index contributed by atoms with van der Waals surface area (Å²) in [5, 5.41) is 0. The number of hydrogen-bond donors (Lipinski definition) is 1. The van der Waals surface area contributed by atoms with Gasteiger partial charge in [0.05, 0.1) is 10.1 Å². The zero-order valence-corrected chi connectivity index (χ0v) is 9.27. The van der Waals surface area contributed by atoms with Crippen LogP contribution in [0.1, 0.15) is 6.42 Å². The van der Waals surface area contributed by atoms with Gasteiger partial charge in [-0.05, 0) is 13.0 Å². The molecule has 0 spiro atoms. The third-order valence-corrected chi connectivity index (χ3v) is 1.39. The zero-order valence-electron chi connectivity index (χ0n) is 5.33. The average Bonchev–Trinajstić information content (AvgIpc) is 1.59. The van der Waals surface area contributed by atoms with Crippen molar-refractivity contribution < 1.29 is 64.4 Å². The SMILES string of the molecule is NCCCS(=O)(=O)[O-].[K+]. The van der Waals surface area contributed by atoms with Crippen molar-refractivity contribution in [2.45, 2.75) is 6.42 Å². The molecule has 0 aromatic heterocycles. The van der Waals surface area contributed by atoms with Crippen LogP contribution < -0.4 is 57.1 Å². The molecule has 9 heavy (non-hydrogen) atoms. The molecule has 0 aliphatic rings. The van der Waals surface area contributed by atoms with E-state index in [-0.39, 0.29) is 70.1 Å². The first-order chi connectivity index (χ1) is 3.56. The van der Waals surface area contributed by atoms with Gasteiger partial charge in [0.25, 0.3) is 0 Å². The van der Waals surface area contributed by atoms with E-state index in [1.807, 2.05) is 0 Å². The van der Waals surface area contributed by atoms with Crippen LogP contribution in [0.4, 0.5) is 0 Å². The monoisotopic (exact) mass is 177 g/mol. The van der Waals surface area contributed by atoms with Gasteiger partial charge in [-0.15, -0.1) is 0 Å². The topological polar surface area (TPSA) is 83.2 Å². The Kier molecular flexibility index (Phi) is 9.09. The van der Waals surface area contributed by atoms with E-state index in [1.54, 1.807) is 0 Å². The zero-order chi connectivity index (χ0) is 6.62. The van der Waals surface area contributed by atoms with Crippen molar-refractivity contribution in [1.29, 1.82) is 0 Å². The van der Waals surface area contributed by atoms with Crippen molar-refractivity contribution in [3.8, 4) is 0 Å². The number of nitrogens with two attached hydrogens (primary N) is 1. The Morgan fingerprint density at radius 1 is 1.44 bits per heavy atom. The molecule has 0 aromatic carbocycles. The number of hydrogen-bond acceptors (Lipinski definition) is 4. The molecule has 0 atom stereocenters. The molecule has 0 amide bonds. The minimum absolute atomic E-state index is 0. The average molecular weight is 177 g/mol. The van der Waals surface area contributed by atoms with Gasteiger partial charge < -0.3 is 10.3 Å². The van der Waals surface area contributed by atoms with Crippen LogP contribution >= 0.6 is 0 Å². The van der Waals surface area contributed by atoms with Crippen LogP contribution in [0.25, 0.3) is 0 Å². The molecule has 0 bridgehead atoms. The largest absolute Gasteiger partial charge is 1.00 e. The predicted octanol–water partition coefficient (Wildman–Crippen LogP) is -4.12. The second kappa shape index (κ2) is 6.23. The van der Waals surface area contributed by atoms with Gasteiger partial charge in [0.15, 0.2) is 0 Å². The normalized spacial score (nSPS) is 10.4. The summed E-state index contributed by atoms with van der Waals surface area (Å²) >= 11 is 0. The Bertz CT molecular complexity index is 143. The Morgan fingerprint density at radius 3 is 2.00 bits per heavy atom.